The van der Waals surface area contributed by atoms with Crippen molar-refractivity contribution < 1.29 is 4.79 Å². The molecule has 1 unspecified atom stereocenters. The van der Waals surface area contributed by atoms with Crippen LogP contribution in [0.5, 0.6) is 0 Å². The number of nitrogens with one attached hydrogen (secondary N) is 1. The van der Waals surface area contributed by atoms with Crippen molar-refractivity contribution in [3.8, 4) is 0 Å². The Kier molecular flexibility index (Phi) is 9.07. The van der Waals surface area contributed by atoms with Gasteiger partial charge in [0.05, 0.1) is 0 Å². The van der Waals surface area contributed by atoms with E-state index < -0.39 is 0 Å². The van der Waals surface area contributed by atoms with Gasteiger partial charge in [-0.25, -0.2) is 0 Å². The van der Waals surface area contributed by atoms with Crippen molar-refractivity contribution in [2.75, 3.05) is 6.54 Å². The molecule has 0 aromatic heterocycles. The number of halogens is 1. The Hall–Kier alpha value is -0.280. The van der Waals surface area contributed by atoms with Gasteiger partial charge in [0.15, 0.2) is 0 Å². The molecule has 0 saturated heterocycles. The summed E-state index contributed by atoms with van der Waals surface area (Å²) in [6, 6.07) is 0.140. The van der Waals surface area contributed by atoms with Crippen molar-refractivity contribution in [2.24, 2.45) is 11.1 Å². The summed E-state index contributed by atoms with van der Waals surface area (Å²) in [5.74, 6) is 0.0871. The fourth-order valence-corrected chi connectivity index (χ4v) is 1.10. The summed E-state index contributed by atoms with van der Waals surface area (Å²) in [4.78, 5) is 11.6. The van der Waals surface area contributed by atoms with Gasteiger partial charge in [0.2, 0.25) is 5.91 Å². The van der Waals surface area contributed by atoms with Crippen LogP contribution in [0.15, 0.2) is 0 Å². The smallest absolute Gasteiger partial charge is 0.225 e. The van der Waals surface area contributed by atoms with Crippen LogP contribution in [0.2, 0.25) is 0 Å². The third-order valence-electron chi connectivity index (χ3n) is 2.21. The maximum absolute atomic E-state index is 11.6. The van der Waals surface area contributed by atoms with Crippen molar-refractivity contribution in [1.82, 2.24) is 5.32 Å². The summed E-state index contributed by atoms with van der Waals surface area (Å²) < 4.78 is 0. The highest BCUT2D eigenvalue weighted by molar-refractivity contribution is 5.85. The fraction of sp³-hybridized carbons (Fsp3) is 0.909. The van der Waals surface area contributed by atoms with Gasteiger partial charge in [-0.2, -0.15) is 0 Å². The first-order valence-corrected chi connectivity index (χ1v) is 5.42. The minimum Gasteiger partial charge on any atom is -0.352 e. The number of hydrogen-bond acceptors (Lipinski definition) is 2. The van der Waals surface area contributed by atoms with Gasteiger partial charge in [0, 0.05) is 18.0 Å². The Morgan fingerprint density at radius 3 is 2.27 bits per heavy atom. The molecule has 0 fully saturated rings. The summed E-state index contributed by atoms with van der Waals surface area (Å²) >= 11 is 0. The van der Waals surface area contributed by atoms with Crippen LogP contribution in [0.4, 0.5) is 0 Å². The zero-order chi connectivity index (χ0) is 11.2. The van der Waals surface area contributed by atoms with Crippen LogP contribution in [0.25, 0.3) is 0 Å². The second kappa shape index (κ2) is 7.94. The van der Waals surface area contributed by atoms with Crippen LogP contribution < -0.4 is 11.1 Å². The monoisotopic (exact) mass is 236 g/mol. The predicted molar refractivity (Wildman–Crippen MR) is 67.2 cm³/mol. The van der Waals surface area contributed by atoms with E-state index in [0.29, 0.717) is 6.54 Å². The van der Waals surface area contributed by atoms with E-state index in [1.54, 1.807) is 0 Å². The van der Waals surface area contributed by atoms with E-state index >= 15 is 0 Å². The minimum atomic E-state index is -0.320. The van der Waals surface area contributed by atoms with E-state index in [2.05, 4.69) is 12.2 Å². The van der Waals surface area contributed by atoms with E-state index in [1.165, 1.54) is 0 Å². The molecule has 0 rings (SSSR count). The maximum atomic E-state index is 11.6. The Balaban J connectivity index is 0. The molecule has 0 aliphatic heterocycles. The van der Waals surface area contributed by atoms with Crippen molar-refractivity contribution >= 4 is 18.3 Å². The zero-order valence-electron chi connectivity index (χ0n) is 10.3. The number of carbonyl (C=O) groups is 1. The van der Waals surface area contributed by atoms with Gasteiger partial charge in [0.25, 0.3) is 0 Å². The van der Waals surface area contributed by atoms with Crippen molar-refractivity contribution in [2.45, 2.75) is 53.0 Å². The Morgan fingerprint density at radius 2 is 1.93 bits per heavy atom. The summed E-state index contributed by atoms with van der Waals surface area (Å²) in [5.41, 5.74) is 5.27. The van der Waals surface area contributed by atoms with Gasteiger partial charge in [0.1, 0.15) is 0 Å². The summed E-state index contributed by atoms with van der Waals surface area (Å²) in [6.07, 6.45) is 3.24. The van der Waals surface area contributed by atoms with Gasteiger partial charge in [-0.05, 0) is 6.42 Å². The number of rotatable bonds is 5. The Bertz CT molecular complexity index is 178. The van der Waals surface area contributed by atoms with Gasteiger partial charge >= 0.3 is 0 Å². The second-order valence-electron chi connectivity index (χ2n) is 4.80. The van der Waals surface area contributed by atoms with Crippen molar-refractivity contribution in [3.05, 3.63) is 0 Å². The highest BCUT2D eigenvalue weighted by atomic mass is 35.5. The zero-order valence-corrected chi connectivity index (χ0v) is 11.1. The number of hydrogen-bond donors (Lipinski definition) is 2. The largest absolute Gasteiger partial charge is 0.352 e. The molecule has 0 spiro atoms. The third-order valence-corrected chi connectivity index (χ3v) is 2.21. The molecule has 0 aromatic rings. The molecule has 1 amide bonds. The first-order chi connectivity index (χ1) is 6.41. The van der Waals surface area contributed by atoms with Crippen molar-refractivity contribution in [1.29, 1.82) is 0 Å². The topological polar surface area (TPSA) is 55.1 Å². The molecule has 0 radical (unpaired) electrons. The number of unbranched alkanes of at least 4 members (excludes halogenated alkanes) is 1. The predicted octanol–water partition coefficient (Wildman–Crippen LogP) is 2.09. The van der Waals surface area contributed by atoms with E-state index in [-0.39, 0.29) is 29.8 Å². The summed E-state index contributed by atoms with van der Waals surface area (Å²) in [5, 5.41) is 2.98. The van der Waals surface area contributed by atoms with Crippen molar-refractivity contribution in [3.63, 3.8) is 0 Å². The van der Waals surface area contributed by atoms with Crippen LogP contribution in [0.3, 0.4) is 0 Å². The van der Waals surface area contributed by atoms with Gasteiger partial charge in [-0.3, -0.25) is 4.79 Å². The molecule has 0 heterocycles. The van der Waals surface area contributed by atoms with E-state index in [0.717, 1.165) is 19.3 Å². The molecule has 0 aliphatic rings. The second-order valence-corrected chi connectivity index (χ2v) is 4.80. The highest BCUT2D eigenvalue weighted by Crippen LogP contribution is 2.13. The SMILES string of the molecule is CCCCC(CN)NC(=O)C(C)(C)C.Cl. The van der Waals surface area contributed by atoms with Crippen LogP contribution in [-0.2, 0) is 4.79 Å². The molecular weight excluding hydrogens is 212 g/mol. The quantitative estimate of drug-likeness (QED) is 0.768. The van der Waals surface area contributed by atoms with E-state index in [9.17, 15) is 4.79 Å². The molecule has 15 heavy (non-hydrogen) atoms. The maximum Gasteiger partial charge on any atom is 0.225 e. The lowest BCUT2D eigenvalue weighted by Gasteiger charge is -2.23. The molecule has 1 atom stereocenters. The summed E-state index contributed by atoms with van der Waals surface area (Å²) in [7, 11) is 0. The van der Waals surface area contributed by atoms with Crippen LogP contribution in [-0.4, -0.2) is 18.5 Å². The van der Waals surface area contributed by atoms with E-state index in [1.807, 2.05) is 20.8 Å². The van der Waals surface area contributed by atoms with Gasteiger partial charge in [-0.1, -0.05) is 40.5 Å². The Labute approximate surface area is 99.6 Å². The van der Waals surface area contributed by atoms with Crippen LogP contribution >= 0.6 is 12.4 Å². The third kappa shape index (κ3) is 7.63. The normalized spacial score (nSPS) is 12.9. The highest BCUT2D eigenvalue weighted by Gasteiger charge is 2.23. The van der Waals surface area contributed by atoms with E-state index in [4.69, 9.17) is 5.73 Å². The van der Waals surface area contributed by atoms with Crippen LogP contribution in [0, 0.1) is 5.41 Å². The average Bonchev–Trinajstić information content (AvgIpc) is 2.10. The lowest BCUT2D eigenvalue weighted by atomic mass is 9.95. The fourth-order valence-electron chi connectivity index (χ4n) is 1.10. The standard InChI is InChI=1S/C11H24N2O.ClH/c1-5-6-7-9(8-12)13-10(14)11(2,3)4;/h9H,5-8,12H2,1-4H3,(H,13,14);1H. The Morgan fingerprint density at radius 1 is 1.40 bits per heavy atom. The molecule has 3 N–H and O–H groups in total. The lowest BCUT2D eigenvalue weighted by molar-refractivity contribution is -0.129. The van der Waals surface area contributed by atoms with Gasteiger partial charge < -0.3 is 11.1 Å². The number of carbonyl (C=O) groups excluding carboxylic acids is 1. The molecule has 4 heteroatoms. The first kappa shape index (κ1) is 17.1. The first-order valence-electron chi connectivity index (χ1n) is 5.42. The number of amides is 1. The lowest BCUT2D eigenvalue weighted by Crippen LogP contribution is -2.45. The molecule has 0 aliphatic carbocycles. The van der Waals surface area contributed by atoms with Crippen LogP contribution in [0.1, 0.15) is 47.0 Å². The van der Waals surface area contributed by atoms with Gasteiger partial charge in [-0.15, -0.1) is 12.4 Å². The molecular formula is C11H25ClN2O. The molecule has 0 bridgehead atoms. The minimum absolute atomic E-state index is 0. The molecule has 0 aromatic carbocycles. The summed E-state index contributed by atoms with van der Waals surface area (Å²) in [6.45, 7) is 8.40. The number of nitrogens with two attached hydrogens (primary N) is 1. The molecule has 92 valence electrons. The molecule has 0 saturated carbocycles. The average molecular weight is 237 g/mol. The molecule has 3 nitrogen and oxygen atoms in total.